The van der Waals surface area contributed by atoms with Crippen molar-refractivity contribution in [1.29, 1.82) is 0 Å². The van der Waals surface area contributed by atoms with Crippen LogP contribution in [0.5, 0.6) is 0 Å². The highest BCUT2D eigenvalue weighted by molar-refractivity contribution is 7.16. The third kappa shape index (κ3) is 3.35. The molecule has 0 saturated heterocycles. The normalized spacial score (nSPS) is 11.9. The van der Waals surface area contributed by atoms with Crippen LogP contribution < -0.4 is 4.74 Å². The Bertz CT molecular complexity index is 1250. The molecule has 0 amide bonds. The molecule has 3 aromatic carbocycles. The van der Waals surface area contributed by atoms with E-state index < -0.39 is 5.78 Å². The zero-order chi connectivity index (χ0) is 19.5. The second-order valence-electron chi connectivity index (χ2n) is 6.10. The molecular weight excluding hydrogens is 370 g/mol. The molecule has 0 aliphatic carbocycles. The van der Waals surface area contributed by atoms with Crippen LogP contribution in [0.3, 0.4) is 0 Å². The first-order valence-electron chi connectivity index (χ1n) is 8.64. The number of aromatic nitrogens is 1. The van der Waals surface area contributed by atoms with Crippen LogP contribution in [-0.4, -0.2) is 15.9 Å². The first kappa shape index (κ1) is 17.8. The molecule has 1 aromatic heterocycles. The number of carbonyl (C=O) groups excluding carboxylic acids is 1. The summed E-state index contributed by atoms with van der Waals surface area (Å²) in [6.45, 7) is 0. The van der Waals surface area contributed by atoms with E-state index in [1.165, 1.54) is 0 Å². The largest absolute Gasteiger partial charge is 0.506 e. The first-order valence-corrected chi connectivity index (χ1v) is 9.45. The van der Waals surface area contributed by atoms with Gasteiger partial charge in [0, 0.05) is 11.1 Å². The number of rotatable bonds is 4. The van der Waals surface area contributed by atoms with Crippen molar-refractivity contribution >= 4 is 38.7 Å². The Hall–Kier alpha value is -3.57. The van der Waals surface area contributed by atoms with Gasteiger partial charge < -0.3 is 5.11 Å². The predicted octanol–water partition coefficient (Wildman–Crippen LogP) is 4.97. The number of nitrogens with zero attached hydrogens (tertiary/aromatic N) is 1. The van der Waals surface area contributed by atoms with Crippen molar-refractivity contribution in [1.82, 2.24) is 4.98 Å². The molecule has 4 rings (SSSR count). The van der Waals surface area contributed by atoms with Crippen molar-refractivity contribution < 1.29 is 9.90 Å². The van der Waals surface area contributed by atoms with Crippen LogP contribution in [0.15, 0.2) is 89.7 Å². The fourth-order valence-corrected chi connectivity index (χ4v) is 3.72. The van der Waals surface area contributed by atoms with Gasteiger partial charge in [-0.25, -0.2) is 4.98 Å². The van der Waals surface area contributed by atoms with Gasteiger partial charge in [-0.3, -0.25) is 9.59 Å². The molecule has 0 unspecified atom stereocenters. The smallest absolute Gasteiger partial charge is 0.259 e. The number of hydrogen-bond acceptors (Lipinski definition) is 5. The number of ketones is 1. The summed E-state index contributed by atoms with van der Waals surface area (Å²) in [6.07, 6.45) is 0. The third-order valence-corrected chi connectivity index (χ3v) is 5.22. The van der Waals surface area contributed by atoms with Gasteiger partial charge in [0.2, 0.25) is 0 Å². The van der Waals surface area contributed by atoms with E-state index in [-0.39, 0.29) is 21.8 Å². The van der Waals surface area contributed by atoms with E-state index in [0.29, 0.717) is 16.6 Å². The van der Waals surface area contributed by atoms with Gasteiger partial charge in [0.1, 0.15) is 11.5 Å². The second-order valence-corrected chi connectivity index (χ2v) is 7.12. The minimum absolute atomic E-state index is 0.0427. The van der Waals surface area contributed by atoms with Crippen molar-refractivity contribution in [3.05, 3.63) is 111 Å². The van der Waals surface area contributed by atoms with Crippen LogP contribution in [0, 0.1) is 0 Å². The maximum absolute atomic E-state index is 13.3. The van der Waals surface area contributed by atoms with Crippen LogP contribution in [0.4, 0.5) is 0 Å². The van der Waals surface area contributed by atoms with E-state index >= 15 is 0 Å². The zero-order valence-corrected chi connectivity index (χ0v) is 15.5. The Labute approximate surface area is 165 Å². The number of carbonyl (C=O) groups is 1. The summed E-state index contributed by atoms with van der Waals surface area (Å²) in [5.74, 6) is -0.712. The third-order valence-electron chi connectivity index (χ3n) is 4.28. The van der Waals surface area contributed by atoms with Crippen molar-refractivity contribution in [2.75, 3.05) is 0 Å². The van der Waals surface area contributed by atoms with E-state index in [0.717, 1.165) is 16.0 Å². The molecule has 0 fully saturated rings. The molecule has 0 spiro atoms. The van der Waals surface area contributed by atoms with Crippen LogP contribution in [0.1, 0.15) is 21.6 Å². The average molecular weight is 385 g/mol. The summed E-state index contributed by atoms with van der Waals surface area (Å²) in [4.78, 5) is 30.5. The van der Waals surface area contributed by atoms with E-state index in [4.69, 9.17) is 0 Å². The summed E-state index contributed by atoms with van der Waals surface area (Å²) >= 11 is 1.01. The van der Waals surface area contributed by atoms with Crippen molar-refractivity contribution in [2.45, 2.75) is 0 Å². The summed E-state index contributed by atoms with van der Waals surface area (Å²) in [6, 6.07) is 24.5. The Morgan fingerprint density at radius 3 is 2.04 bits per heavy atom. The Morgan fingerprint density at radius 2 is 1.36 bits per heavy atom. The van der Waals surface area contributed by atoms with Crippen LogP contribution >= 0.6 is 11.3 Å². The van der Waals surface area contributed by atoms with Gasteiger partial charge in [-0.05, 0) is 12.1 Å². The lowest BCUT2D eigenvalue weighted by molar-refractivity contribution is 0.105. The standard InChI is InChI=1S/C23H15NO3S/c25-21(15-9-3-1-4-10-15)19(22(26)16-11-5-2-6-12-16)20-23(27)28-18-14-8-7-13-17(18)24-20/h1-14,25H/b21-19-. The Morgan fingerprint density at radius 1 is 0.786 bits per heavy atom. The number of fused-ring (bicyclic) bond motifs is 1. The van der Waals surface area contributed by atoms with E-state index in [2.05, 4.69) is 4.98 Å². The summed E-state index contributed by atoms with van der Waals surface area (Å²) in [5, 5.41) is 10.9. The minimum Gasteiger partial charge on any atom is -0.506 e. The molecule has 0 aliphatic heterocycles. The molecule has 4 nitrogen and oxygen atoms in total. The number of benzene rings is 3. The molecule has 1 heterocycles. The van der Waals surface area contributed by atoms with Crippen molar-refractivity contribution in [3.63, 3.8) is 0 Å². The highest BCUT2D eigenvalue weighted by atomic mass is 32.1. The molecular formula is C23H15NO3S. The molecule has 0 bridgehead atoms. The molecule has 1 N–H and O–H groups in total. The number of Topliss-reactive ketones (excluding diaryl/α,β-unsaturated/α-hetero) is 1. The van der Waals surface area contributed by atoms with E-state index in [1.54, 1.807) is 66.7 Å². The quantitative estimate of drug-likeness (QED) is 0.306. The number of aliphatic hydroxyl groups is 1. The molecule has 0 aliphatic rings. The van der Waals surface area contributed by atoms with Gasteiger partial charge in [-0.2, -0.15) is 0 Å². The van der Waals surface area contributed by atoms with Gasteiger partial charge in [0.05, 0.1) is 15.8 Å². The first-order chi connectivity index (χ1) is 13.6. The lowest BCUT2D eigenvalue weighted by Crippen LogP contribution is -2.15. The summed E-state index contributed by atoms with van der Waals surface area (Å²) in [5.41, 5.74) is 1.28. The zero-order valence-electron chi connectivity index (χ0n) is 14.7. The Kier molecular flexibility index (Phi) is 4.83. The SMILES string of the molecule is O=C(/C(=C(\O)c1ccccc1)c1nc2ccccc2sc1=O)c1ccccc1. The molecule has 0 atom stereocenters. The fourth-order valence-electron chi connectivity index (χ4n) is 2.91. The molecule has 5 heteroatoms. The Balaban J connectivity index is 2.00. The molecule has 0 saturated carbocycles. The average Bonchev–Trinajstić information content (AvgIpc) is 2.75. The molecule has 136 valence electrons. The van der Waals surface area contributed by atoms with Crippen molar-refractivity contribution in [2.24, 2.45) is 0 Å². The maximum atomic E-state index is 13.3. The lowest BCUT2D eigenvalue weighted by atomic mass is 9.97. The number of hydrogen-bond donors (Lipinski definition) is 1. The fraction of sp³-hybridized carbons (Fsp3) is 0. The molecule has 0 radical (unpaired) electrons. The van der Waals surface area contributed by atoms with Crippen LogP contribution in [0.25, 0.3) is 21.5 Å². The number of aliphatic hydroxyl groups excluding tert-OH is 1. The van der Waals surface area contributed by atoms with Crippen LogP contribution in [-0.2, 0) is 0 Å². The predicted molar refractivity (Wildman–Crippen MR) is 113 cm³/mol. The van der Waals surface area contributed by atoms with Crippen molar-refractivity contribution in [3.8, 4) is 0 Å². The lowest BCUT2D eigenvalue weighted by Gasteiger charge is -2.10. The van der Waals surface area contributed by atoms with Crippen LogP contribution in [0.2, 0.25) is 0 Å². The van der Waals surface area contributed by atoms with Gasteiger partial charge in [0.15, 0.2) is 5.78 Å². The molecule has 4 aromatic rings. The monoisotopic (exact) mass is 385 g/mol. The maximum Gasteiger partial charge on any atom is 0.259 e. The van der Waals surface area contributed by atoms with E-state index in [9.17, 15) is 14.7 Å². The highest BCUT2D eigenvalue weighted by Gasteiger charge is 2.24. The summed E-state index contributed by atoms with van der Waals surface area (Å²) < 4.78 is 0.349. The van der Waals surface area contributed by atoms with Gasteiger partial charge in [0.25, 0.3) is 4.74 Å². The second kappa shape index (κ2) is 7.58. The minimum atomic E-state index is -0.450. The number of allylic oxidation sites excluding steroid dienone is 1. The summed E-state index contributed by atoms with van der Waals surface area (Å²) in [7, 11) is 0. The molecule has 28 heavy (non-hydrogen) atoms. The topological polar surface area (TPSA) is 67.3 Å². The highest BCUT2D eigenvalue weighted by Crippen LogP contribution is 2.27. The van der Waals surface area contributed by atoms with Gasteiger partial charge in [-0.1, -0.05) is 84.1 Å². The van der Waals surface area contributed by atoms with Gasteiger partial charge in [-0.15, -0.1) is 0 Å². The van der Waals surface area contributed by atoms with Gasteiger partial charge >= 0.3 is 0 Å². The number of para-hydroxylation sites is 1. The van der Waals surface area contributed by atoms with E-state index in [1.807, 2.05) is 18.2 Å².